The maximum absolute atomic E-state index is 12.3. The van der Waals surface area contributed by atoms with Crippen molar-refractivity contribution in [2.75, 3.05) is 14.2 Å². The van der Waals surface area contributed by atoms with Gasteiger partial charge in [-0.25, -0.2) is 9.48 Å². The highest BCUT2D eigenvalue weighted by atomic mass is 16.5. The van der Waals surface area contributed by atoms with Crippen molar-refractivity contribution in [2.45, 2.75) is 19.6 Å². The predicted octanol–water partition coefficient (Wildman–Crippen LogP) is 2.75. The average Bonchev–Trinajstić information content (AvgIpc) is 3.32. The smallest absolute Gasteiger partial charge is 0.338 e. The number of ether oxygens (including phenoxy) is 3. The molecule has 0 aliphatic carbocycles. The number of hydrogen-bond acceptors (Lipinski definition) is 6. The van der Waals surface area contributed by atoms with Gasteiger partial charge in [-0.15, -0.1) is 0 Å². The van der Waals surface area contributed by atoms with Crippen molar-refractivity contribution in [2.24, 2.45) is 0 Å². The largest absolute Gasteiger partial charge is 0.493 e. The minimum Gasteiger partial charge on any atom is -0.493 e. The van der Waals surface area contributed by atoms with Crippen LogP contribution in [0.1, 0.15) is 22.8 Å². The number of nitrogens with zero attached hydrogens (tertiary/aromatic N) is 2. The van der Waals surface area contributed by atoms with Gasteiger partial charge >= 0.3 is 5.97 Å². The minimum absolute atomic E-state index is 0.264. The molecule has 1 atom stereocenters. The number of rotatable bonds is 8. The number of carbonyl (C=O) groups is 2. The molecule has 0 bridgehead atoms. The lowest BCUT2D eigenvalue weighted by atomic mass is 10.2. The lowest BCUT2D eigenvalue weighted by Crippen LogP contribution is -2.35. The molecule has 8 nitrogen and oxygen atoms in total. The van der Waals surface area contributed by atoms with E-state index in [1.165, 1.54) is 6.92 Å². The molecule has 8 heteroatoms. The molecule has 1 amide bonds. The summed E-state index contributed by atoms with van der Waals surface area (Å²) in [5, 5.41) is 6.88. The number of hydrogen-bond donors (Lipinski definition) is 1. The van der Waals surface area contributed by atoms with Crippen LogP contribution >= 0.6 is 0 Å². The summed E-state index contributed by atoms with van der Waals surface area (Å²) >= 11 is 0. The summed E-state index contributed by atoms with van der Waals surface area (Å²) in [5.41, 5.74) is 2.00. The highest BCUT2D eigenvalue weighted by Gasteiger charge is 2.19. The van der Waals surface area contributed by atoms with Gasteiger partial charge in [0.05, 0.1) is 25.5 Å². The first kappa shape index (κ1) is 20.9. The van der Waals surface area contributed by atoms with Crippen molar-refractivity contribution in [3.63, 3.8) is 0 Å². The third kappa shape index (κ3) is 4.96. The molecule has 0 saturated carbocycles. The van der Waals surface area contributed by atoms with E-state index in [2.05, 4.69) is 10.4 Å². The summed E-state index contributed by atoms with van der Waals surface area (Å²) in [4.78, 5) is 24.6. The molecule has 1 heterocycles. The van der Waals surface area contributed by atoms with E-state index < -0.39 is 18.0 Å². The fraction of sp³-hybridized carbons (Fsp3) is 0.227. The van der Waals surface area contributed by atoms with Crippen molar-refractivity contribution >= 4 is 11.9 Å². The third-order valence-electron chi connectivity index (χ3n) is 4.44. The zero-order valence-electron chi connectivity index (χ0n) is 17.0. The number of nitrogens with one attached hydrogen (secondary N) is 1. The van der Waals surface area contributed by atoms with Crippen molar-refractivity contribution in [3.05, 3.63) is 72.1 Å². The Kier molecular flexibility index (Phi) is 6.69. The van der Waals surface area contributed by atoms with E-state index in [0.29, 0.717) is 17.1 Å². The van der Waals surface area contributed by atoms with Crippen LogP contribution in [0.5, 0.6) is 11.5 Å². The number of esters is 1. The first-order valence-corrected chi connectivity index (χ1v) is 9.31. The third-order valence-corrected chi connectivity index (χ3v) is 4.44. The Morgan fingerprint density at radius 3 is 2.43 bits per heavy atom. The molecule has 0 spiro atoms. The molecule has 0 aliphatic heterocycles. The standard InChI is InChI=1S/C22H23N3O5/c1-15(21(26)23-14-16-5-10-19(28-2)20(13-16)29-3)30-22(27)17-6-8-18(9-7-17)25-12-4-11-24-25/h4-13,15H,14H2,1-3H3,(H,23,26)/t15-/m0/s1. The van der Waals surface area contributed by atoms with Gasteiger partial charge < -0.3 is 19.5 Å². The van der Waals surface area contributed by atoms with Gasteiger partial charge in [-0.2, -0.15) is 5.10 Å². The molecule has 0 unspecified atom stereocenters. The van der Waals surface area contributed by atoms with Crippen LogP contribution in [0.2, 0.25) is 0 Å². The van der Waals surface area contributed by atoms with Crippen LogP contribution in [-0.4, -0.2) is 42.0 Å². The first-order valence-electron chi connectivity index (χ1n) is 9.31. The monoisotopic (exact) mass is 409 g/mol. The van der Waals surface area contributed by atoms with E-state index in [-0.39, 0.29) is 6.54 Å². The number of aromatic nitrogens is 2. The Labute approximate surface area is 174 Å². The summed E-state index contributed by atoms with van der Waals surface area (Å²) in [7, 11) is 3.10. The second kappa shape index (κ2) is 9.60. The zero-order valence-corrected chi connectivity index (χ0v) is 17.0. The SMILES string of the molecule is COc1ccc(CNC(=O)[C@H](C)OC(=O)c2ccc(-n3cccn3)cc2)cc1OC. The first-order chi connectivity index (χ1) is 14.5. The van der Waals surface area contributed by atoms with E-state index in [1.807, 2.05) is 12.1 Å². The van der Waals surface area contributed by atoms with Gasteiger partial charge in [-0.05, 0) is 55.0 Å². The number of amides is 1. The number of benzene rings is 2. The van der Waals surface area contributed by atoms with Crippen LogP contribution in [0.3, 0.4) is 0 Å². The second-order valence-electron chi connectivity index (χ2n) is 6.45. The van der Waals surface area contributed by atoms with E-state index in [1.54, 1.807) is 67.7 Å². The normalized spacial score (nSPS) is 11.4. The Balaban J connectivity index is 1.54. The Bertz CT molecular complexity index is 1000. The Morgan fingerprint density at radius 2 is 1.80 bits per heavy atom. The minimum atomic E-state index is -0.941. The van der Waals surface area contributed by atoms with E-state index in [4.69, 9.17) is 14.2 Å². The van der Waals surface area contributed by atoms with Crippen molar-refractivity contribution in [1.82, 2.24) is 15.1 Å². The predicted molar refractivity (Wildman–Crippen MR) is 110 cm³/mol. The summed E-state index contributed by atoms with van der Waals surface area (Å²) in [6, 6.07) is 13.9. The molecule has 0 radical (unpaired) electrons. The van der Waals surface area contributed by atoms with Crippen LogP contribution in [0.25, 0.3) is 5.69 Å². The fourth-order valence-corrected chi connectivity index (χ4v) is 2.78. The Morgan fingerprint density at radius 1 is 1.07 bits per heavy atom. The molecule has 0 saturated heterocycles. The van der Waals surface area contributed by atoms with E-state index >= 15 is 0 Å². The van der Waals surface area contributed by atoms with Gasteiger partial charge in [0.1, 0.15) is 0 Å². The second-order valence-corrected chi connectivity index (χ2v) is 6.45. The van der Waals surface area contributed by atoms with Crippen LogP contribution in [0.15, 0.2) is 60.9 Å². The quantitative estimate of drug-likeness (QED) is 0.575. The molecule has 2 aromatic carbocycles. The summed E-state index contributed by atoms with van der Waals surface area (Å²) < 4.78 is 17.4. The zero-order chi connectivity index (χ0) is 21.5. The molecule has 3 rings (SSSR count). The summed E-state index contributed by atoms with van der Waals surface area (Å²) in [6.07, 6.45) is 2.53. The van der Waals surface area contributed by atoms with Gasteiger partial charge in [0, 0.05) is 18.9 Å². The number of methoxy groups -OCH3 is 2. The van der Waals surface area contributed by atoms with Gasteiger partial charge in [0.25, 0.3) is 5.91 Å². The van der Waals surface area contributed by atoms with Crippen LogP contribution < -0.4 is 14.8 Å². The molecule has 0 fully saturated rings. The van der Waals surface area contributed by atoms with Crippen LogP contribution in [0, 0.1) is 0 Å². The summed E-state index contributed by atoms with van der Waals surface area (Å²) in [6.45, 7) is 1.79. The lowest BCUT2D eigenvalue weighted by Gasteiger charge is -2.14. The molecule has 156 valence electrons. The molecule has 0 aliphatic rings. The molecule has 1 aromatic heterocycles. The Hall–Kier alpha value is -3.81. The van der Waals surface area contributed by atoms with Gasteiger partial charge in [0.15, 0.2) is 17.6 Å². The van der Waals surface area contributed by atoms with E-state index in [9.17, 15) is 9.59 Å². The van der Waals surface area contributed by atoms with Gasteiger partial charge in [-0.1, -0.05) is 6.07 Å². The summed E-state index contributed by atoms with van der Waals surface area (Å²) in [5.74, 6) is 0.206. The molecular weight excluding hydrogens is 386 g/mol. The average molecular weight is 409 g/mol. The van der Waals surface area contributed by atoms with Gasteiger partial charge in [-0.3, -0.25) is 4.79 Å². The van der Waals surface area contributed by atoms with Crippen molar-refractivity contribution in [3.8, 4) is 17.2 Å². The van der Waals surface area contributed by atoms with Gasteiger partial charge in [0.2, 0.25) is 0 Å². The topological polar surface area (TPSA) is 91.7 Å². The molecular formula is C22H23N3O5. The lowest BCUT2D eigenvalue weighted by molar-refractivity contribution is -0.129. The van der Waals surface area contributed by atoms with Crippen LogP contribution in [-0.2, 0) is 16.1 Å². The maximum atomic E-state index is 12.3. The molecule has 3 aromatic rings. The van der Waals surface area contributed by atoms with Crippen molar-refractivity contribution < 1.29 is 23.8 Å². The van der Waals surface area contributed by atoms with Crippen molar-refractivity contribution in [1.29, 1.82) is 0 Å². The molecule has 30 heavy (non-hydrogen) atoms. The highest BCUT2D eigenvalue weighted by molar-refractivity contribution is 5.92. The fourth-order valence-electron chi connectivity index (χ4n) is 2.78. The van der Waals surface area contributed by atoms with Crippen LogP contribution in [0.4, 0.5) is 0 Å². The van der Waals surface area contributed by atoms with E-state index in [0.717, 1.165) is 11.3 Å². The molecule has 1 N–H and O–H groups in total. The maximum Gasteiger partial charge on any atom is 0.338 e. The number of carbonyl (C=O) groups excluding carboxylic acids is 2. The highest BCUT2D eigenvalue weighted by Crippen LogP contribution is 2.27.